The molecule has 1 N–H and O–H groups in total. The van der Waals surface area contributed by atoms with E-state index in [1.807, 2.05) is 0 Å². The molecule has 3 nitrogen and oxygen atoms in total. The van der Waals surface area contributed by atoms with Crippen LogP contribution < -0.4 is 5.32 Å². The van der Waals surface area contributed by atoms with Crippen LogP contribution in [0.4, 0.5) is 0 Å². The molecule has 1 aliphatic heterocycles. The fourth-order valence-electron chi connectivity index (χ4n) is 2.26. The van der Waals surface area contributed by atoms with Crippen LogP contribution in [0, 0.1) is 0 Å². The maximum absolute atomic E-state index is 5.58. The minimum atomic E-state index is -0.0781. The zero-order valence-electron chi connectivity index (χ0n) is 9.50. The van der Waals surface area contributed by atoms with Gasteiger partial charge in [-0.1, -0.05) is 12.2 Å². The number of hydrogen-bond acceptors (Lipinski definition) is 3. The van der Waals surface area contributed by atoms with Gasteiger partial charge in [-0.3, -0.25) is 0 Å². The minimum absolute atomic E-state index is 0.0781. The van der Waals surface area contributed by atoms with E-state index in [9.17, 15) is 0 Å². The van der Waals surface area contributed by atoms with Gasteiger partial charge in [-0.2, -0.15) is 0 Å². The Balaban J connectivity index is 1.80. The van der Waals surface area contributed by atoms with Crippen molar-refractivity contribution in [2.24, 2.45) is 0 Å². The van der Waals surface area contributed by atoms with Gasteiger partial charge < -0.3 is 14.8 Å². The average molecular weight is 211 g/mol. The Morgan fingerprint density at radius 3 is 3.13 bits per heavy atom. The molecular weight excluding hydrogens is 190 g/mol. The largest absolute Gasteiger partial charge is 0.378 e. The van der Waals surface area contributed by atoms with Crippen LogP contribution >= 0.6 is 0 Å². The van der Waals surface area contributed by atoms with E-state index in [2.05, 4.69) is 17.5 Å². The predicted octanol–water partition coefficient (Wildman–Crippen LogP) is 1.49. The lowest BCUT2D eigenvalue weighted by Gasteiger charge is -2.29. The van der Waals surface area contributed by atoms with Gasteiger partial charge in [0.1, 0.15) is 5.60 Å². The van der Waals surface area contributed by atoms with Gasteiger partial charge in [-0.15, -0.1) is 0 Å². The van der Waals surface area contributed by atoms with Gasteiger partial charge in [0.25, 0.3) is 0 Å². The minimum Gasteiger partial charge on any atom is -0.378 e. The molecule has 15 heavy (non-hydrogen) atoms. The highest BCUT2D eigenvalue weighted by Gasteiger charge is 2.34. The molecular formula is C12H21NO2. The third-order valence-electron chi connectivity index (χ3n) is 3.44. The maximum Gasteiger partial charge on any atom is 0.106 e. The van der Waals surface area contributed by atoms with Crippen LogP contribution in [0.5, 0.6) is 0 Å². The van der Waals surface area contributed by atoms with Crippen LogP contribution in [0.1, 0.15) is 25.7 Å². The Morgan fingerprint density at radius 1 is 1.60 bits per heavy atom. The third-order valence-corrected chi connectivity index (χ3v) is 3.44. The summed E-state index contributed by atoms with van der Waals surface area (Å²) in [6, 6.07) is 0.534. The summed E-state index contributed by atoms with van der Waals surface area (Å²) in [5, 5.41) is 3.56. The number of allylic oxidation sites excluding steroid dienone is 1. The standard InChI is InChI=1S/C12H21NO2/c1-14-12(7-8-15-10-12)9-13-11-5-3-2-4-6-11/h3,5,11,13H,2,4,6-10H2,1H3. The topological polar surface area (TPSA) is 30.5 Å². The van der Waals surface area contributed by atoms with Crippen molar-refractivity contribution in [2.75, 3.05) is 26.9 Å². The van der Waals surface area contributed by atoms with E-state index in [-0.39, 0.29) is 5.60 Å². The molecule has 1 heterocycles. The average Bonchev–Trinajstić information content (AvgIpc) is 2.77. The van der Waals surface area contributed by atoms with E-state index in [0.29, 0.717) is 6.04 Å². The molecule has 0 saturated carbocycles. The van der Waals surface area contributed by atoms with Gasteiger partial charge >= 0.3 is 0 Å². The van der Waals surface area contributed by atoms with Crippen molar-refractivity contribution in [1.82, 2.24) is 5.32 Å². The highest BCUT2D eigenvalue weighted by Crippen LogP contribution is 2.22. The van der Waals surface area contributed by atoms with E-state index >= 15 is 0 Å². The number of hydrogen-bond donors (Lipinski definition) is 1. The second-order valence-electron chi connectivity index (χ2n) is 4.54. The molecule has 2 rings (SSSR count). The Labute approximate surface area is 91.8 Å². The van der Waals surface area contributed by atoms with E-state index in [1.54, 1.807) is 7.11 Å². The summed E-state index contributed by atoms with van der Waals surface area (Å²) in [7, 11) is 1.78. The number of rotatable bonds is 4. The number of methoxy groups -OCH3 is 1. The van der Waals surface area contributed by atoms with Crippen molar-refractivity contribution in [1.29, 1.82) is 0 Å². The quantitative estimate of drug-likeness (QED) is 0.715. The zero-order chi connectivity index (χ0) is 10.6. The molecule has 0 radical (unpaired) electrons. The van der Waals surface area contributed by atoms with Crippen molar-refractivity contribution in [3.63, 3.8) is 0 Å². The summed E-state index contributed by atoms with van der Waals surface area (Å²) in [6.07, 6.45) is 9.33. The molecule has 3 heteroatoms. The predicted molar refractivity (Wildman–Crippen MR) is 60.0 cm³/mol. The third kappa shape index (κ3) is 2.80. The zero-order valence-corrected chi connectivity index (χ0v) is 9.50. The molecule has 2 aliphatic rings. The number of nitrogens with one attached hydrogen (secondary N) is 1. The first-order valence-corrected chi connectivity index (χ1v) is 5.88. The molecule has 1 fully saturated rings. The van der Waals surface area contributed by atoms with E-state index in [0.717, 1.165) is 26.2 Å². The van der Waals surface area contributed by atoms with Gasteiger partial charge in [0.15, 0.2) is 0 Å². The van der Waals surface area contributed by atoms with Gasteiger partial charge in [0, 0.05) is 32.7 Å². The smallest absolute Gasteiger partial charge is 0.106 e. The maximum atomic E-state index is 5.58. The van der Waals surface area contributed by atoms with Crippen molar-refractivity contribution in [3.8, 4) is 0 Å². The van der Waals surface area contributed by atoms with Crippen LogP contribution in [0.15, 0.2) is 12.2 Å². The summed E-state index contributed by atoms with van der Waals surface area (Å²) in [5.41, 5.74) is -0.0781. The lowest BCUT2D eigenvalue weighted by Crippen LogP contribution is -2.46. The highest BCUT2D eigenvalue weighted by molar-refractivity contribution is 4.99. The summed E-state index contributed by atoms with van der Waals surface area (Å²) >= 11 is 0. The molecule has 2 unspecified atom stereocenters. The summed E-state index contributed by atoms with van der Waals surface area (Å²) < 4.78 is 11.0. The summed E-state index contributed by atoms with van der Waals surface area (Å²) in [6.45, 7) is 2.46. The second-order valence-corrected chi connectivity index (χ2v) is 4.54. The summed E-state index contributed by atoms with van der Waals surface area (Å²) in [4.78, 5) is 0. The normalized spacial score (nSPS) is 35.9. The first-order valence-electron chi connectivity index (χ1n) is 5.88. The molecule has 0 spiro atoms. The van der Waals surface area contributed by atoms with Crippen LogP contribution in [0.25, 0.3) is 0 Å². The molecule has 2 atom stereocenters. The molecule has 0 amide bonds. The van der Waals surface area contributed by atoms with Gasteiger partial charge in [0.05, 0.1) is 6.61 Å². The second kappa shape index (κ2) is 5.10. The molecule has 0 bridgehead atoms. The van der Waals surface area contributed by atoms with Crippen molar-refractivity contribution in [3.05, 3.63) is 12.2 Å². The fraction of sp³-hybridized carbons (Fsp3) is 0.833. The van der Waals surface area contributed by atoms with Crippen molar-refractivity contribution < 1.29 is 9.47 Å². The Bertz CT molecular complexity index is 222. The lowest BCUT2D eigenvalue weighted by atomic mass is 9.99. The van der Waals surface area contributed by atoms with Crippen molar-refractivity contribution >= 4 is 0 Å². The van der Waals surface area contributed by atoms with Crippen LogP contribution in [0.2, 0.25) is 0 Å². The van der Waals surface area contributed by atoms with Gasteiger partial charge in [0.2, 0.25) is 0 Å². The monoisotopic (exact) mass is 211 g/mol. The summed E-state index contributed by atoms with van der Waals surface area (Å²) in [5.74, 6) is 0. The fourth-order valence-corrected chi connectivity index (χ4v) is 2.26. The van der Waals surface area contributed by atoms with Crippen LogP contribution in [-0.2, 0) is 9.47 Å². The molecule has 86 valence electrons. The molecule has 1 saturated heterocycles. The SMILES string of the molecule is COC1(CNC2C=CCCC2)CCOC1. The Morgan fingerprint density at radius 2 is 2.53 bits per heavy atom. The molecule has 1 aliphatic carbocycles. The van der Waals surface area contributed by atoms with Crippen LogP contribution in [0.3, 0.4) is 0 Å². The van der Waals surface area contributed by atoms with Gasteiger partial charge in [-0.05, 0) is 19.3 Å². The lowest BCUT2D eigenvalue weighted by molar-refractivity contribution is -0.0168. The number of ether oxygens (including phenoxy) is 2. The highest BCUT2D eigenvalue weighted by atomic mass is 16.5. The molecule has 0 aromatic heterocycles. The first-order chi connectivity index (χ1) is 7.35. The van der Waals surface area contributed by atoms with E-state index < -0.39 is 0 Å². The van der Waals surface area contributed by atoms with E-state index in [1.165, 1.54) is 19.3 Å². The van der Waals surface area contributed by atoms with Crippen LogP contribution in [-0.4, -0.2) is 38.5 Å². The Kier molecular flexibility index (Phi) is 3.78. The first kappa shape index (κ1) is 11.1. The molecule has 0 aromatic carbocycles. The van der Waals surface area contributed by atoms with Crippen molar-refractivity contribution in [2.45, 2.75) is 37.3 Å². The Hall–Kier alpha value is -0.380. The van der Waals surface area contributed by atoms with E-state index in [4.69, 9.17) is 9.47 Å². The van der Waals surface area contributed by atoms with Gasteiger partial charge in [-0.25, -0.2) is 0 Å². The molecule has 0 aromatic rings.